The summed E-state index contributed by atoms with van der Waals surface area (Å²) in [5, 5.41) is 4.78. The lowest BCUT2D eigenvalue weighted by molar-refractivity contribution is -0.119. The highest BCUT2D eigenvalue weighted by molar-refractivity contribution is 6.00. The first-order valence-corrected chi connectivity index (χ1v) is 8.74. The van der Waals surface area contributed by atoms with E-state index in [1.807, 2.05) is 42.5 Å². The van der Waals surface area contributed by atoms with Crippen LogP contribution in [0.2, 0.25) is 0 Å². The van der Waals surface area contributed by atoms with Crippen LogP contribution in [0.1, 0.15) is 26.3 Å². The van der Waals surface area contributed by atoms with E-state index in [4.69, 9.17) is 5.73 Å². The molecule has 3 N–H and O–H groups in total. The monoisotopic (exact) mass is 376 g/mol. The number of nitrogens with one attached hydrogen (secondary N) is 1. The van der Waals surface area contributed by atoms with Crippen molar-refractivity contribution in [3.63, 3.8) is 0 Å². The fourth-order valence-corrected chi connectivity index (χ4v) is 2.97. The average molecular weight is 376 g/mol. The van der Waals surface area contributed by atoms with E-state index in [2.05, 4.69) is 10.1 Å². The van der Waals surface area contributed by atoms with E-state index in [1.54, 1.807) is 18.2 Å². The second kappa shape index (κ2) is 8.35. The number of carbonyl (C=O) groups is 3. The van der Waals surface area contributed by atoms with Gasteiger partial charge in [-0.1, -0.05) is 48.5 Å². The number of carbonyl (C=O) groups excluding carboxylic acids is 3. The van der Waals surface area contributed by atoms with E-state index in [-0.39, 0.29) is 17.5 Å². The molecule has 6 nitrogen and oxygen atoms in total. The van der Waals surface area contributed by atoms with Crippen molar-refractivity contribution >= 4 is 28.6 Å². The third-order valence-electron chi connectivity index (χ3n) is 4.45. The van der Waals surface area contributed by atoms with E-state index in [9.17, 15) is 14.4 Å². The number of hydrogen-bond donors (Lipinski definition) is 2. The maximum Gasteiger partial charge on any atom is 0.337 e. The normalized spacial score (nSPS) is 11.6. The number of esters is 1. The highest BCUT2D eigenvalue weighted by atomic mass is 16.5. The molecule has 28 heavy (non-hydrogen) atoms. The summed E-state index contributed by atoms with van der Waals surface area (Å²) in [7, 11) is 1.27. The van der Waals surface area contributed by atoms with Crippen LogP contribution in [0, 0.1) is 0 Å². The first-order chi connectivity index (χ1) is 13.5. The standard InChI is InChI=1S/C22H20N2O4/c1-28-22(27)18-8-4-7-17(13-18)21(26)24-19(20(23)25)12-14-9-10-15-5-2-3-6-16(15)11-14/h2-11,13,19H,12H2,1H3,(H2,23,25)(H,24,26)/t19-/m1/s1. The van der Waals surface area contributed by atoms with Crippen molar-refractivity contribution in [3.8, 4) is 0 Å². The van der Waals surface area contributed by atoms with Gasteiger partial charge in [0, 0.05) is 12.0 Å². The number of nitrogens with two attached hydrogens (primary N) is 1. The Bertz CT molecular complexity index is 1050. The molecule has 0 aromatic heterocycles. The SMILES string of the molecule is COC(=O)c1cccc(C(=O)N[C@H](Cc2ccc3ccccc3c2)C(N)=O)c1. The zero-order chi connectivity index (χ0) is 20.1. The molecule has 0 spiro atoms. The molecule has 3 aromatic carbocycles. The minimum Gasteiger partial charge on any atom is -0.465 e. The molecule has 0 fully saturated rings. The van der Waals surface area contributed by atoms with Crippen LogP contribution < -0.4 is 11.1 Å². The summed E-state index contributed by atoms with van der Waals surface area (Å²) in [6.07, 6.45) is 0.266. The predicted molar refractivity (Wildman–Crippen MR) is 106 cm³/mol. The number of methoxy groups -OCH3 is 1. The van der Waals surface area contributed by atoms with Crippen LogP contribution in [0.15, 0.2) is 66.7 Å². The number of fused-ring (bicyclic) bond motifs is 1. The van der Waals surface area contributed by atoms with Gasteiger partial charge in [-0.25, -0.2) is 4.79 Å². The molecule has 3 rings (SSSR count). The van der Waals surface area contributed by atoms with Gasteiger partial charge in [0.15, 0.2) is 0 Å². The largest absolute Gasteiger partial charge is 0.465 e. The van der Waals surface area contributed by atoms with Gasteiger partial charge in [-0.3, -0.25) is 9.59 Å². The summed E-state index contributed by atoms with van der Waals surface area (Å²) >= 11 is 0. The van der Waals surface area contributed by atoms with Crippen molar-refractivity contribution in [3.05, 3.63) is 83.4 Å². The van der Waals surface area contributed by atoms with Crippen LogP contribution in [0.25, 0.3) is 10.8 Å². The van der Waals surface area contributed by atoms with Crippen molar-refractivity contribution in [2.45, 2.75) is 12.5 Å². The smallest absolute Gasteiger partial charge is 0.337 e. The molecule has 0 saturated carbocycles. The fourth-order valence-electron chi connectivity index (χ4n) is 2.97. The zero-order valence-electron chi connectivity index (χ0n) is 15.3. The van der Waals surface area contributed by atoms with Crippen LogP contribution in [0.5, 0.6) is 0 Å². The molecule has 0 unspecified atom stereocenters. The lowest BCUT2D eigenvalue weighted by Gasteiger charge is -2.16. The van der Waals surface area contributed by atoms with E-state index in [0.717, 1.165) is 16.3 Å². The topological polar surface area (TPSA) is 98.5 Å². The van der Waals surface area contributed by atoms with Crippen LogP contribution in [-0.2, 0) is 16.0 Å². The average Bonchev–Trinajstić information content (AvgIpc) is 2.72. The van der Waals surface area contributed by atoms with Crippen LogP contribution >= 0.6 is 0 Å². The molecule has 0 aliphatic heterocycles. The molecule has 2 amide bonds. The van der Waals surface area contributed by atoms with Crippen molar-refractivity contribution in [2.75, 3.05) is 7.11 Å². The van der Waals surface area contributed by atoms with Crippen molar-refractivity contribution in [2.24, 2.45) is 5.73 Å². The Labute approximate surface area is 162 Å². The Kier molecular flexibility index (Phi) is 5.69. The fraction of sp³-hybridized carbons (Fsp3) is 0.136. The number of ether oxygens (including phenoxy) is 1. The summed E-state index contributed by atoms with van der Waals surface area (Å²) in [5.74, 6) is -1.67. The summed E-state index contributed by atoms with van der Waals surface area (Å²) in [6.45, 7) is 0. The van der Waals surface area contributed by atoms with E-state index < -0.39 is 23.8 Å². The second-order valence-electron chi connectivity index (χ2n) is 6.39. The Morgan fingerprint density at radius 3 is 2.36 bits per heavy atom. The predicted octanol–water partition coefficient (Wildman–Crippen LogP) is 2.45. The van der Waals surface area contributed by atoms with Crippen molar-refractivity contribution in [1.29, 1.82) is 0 Å². The highest BCUT2D eigenvalue weighted by Crippen LogP contribution is 2.17. The third kappa shape index (κ3) is 4.35. The van der Waals surface area contributed by atoms with Gasteiger partial charge in [-0.05, 0) is 34.5 Å². The molecule has 0 heterocycles. The summed E-state index contributed by atoms with van der Waals surface area (Å²) in [5.41, 5.74) is 6.87. The molecule has 142 valence electrons. The second-order valence-corrected chi connectivity index (χ2v) is 6.39. The minimum absolute atomic E-state index is 0.243. The lowest BCUT2D eigenvalue weighted by atomic mass is 10.0. The Hall–Kier alpha value is -3.67. The molecule has 3 aromatic rings. The molecule has 0 saturated heterocycles. The van der Waals surface area contributed by atoms with Gasteiger partial charge in [0.2, 0.25) is 5.91 Å². The molecule has 0 bridgehead atoms. The molecule has 6 heteroatoms. The minimum atomic E-state index is -0.879. The van der Waals surface area contributed by atoms with Crippen molar-refractivity contribution < 1.29 is 19.1 Å². The number of primary amides is 1. The first kappa shape index (κ1) is 19.1. The van der Waals surface area contributed by atoms with Gasteiger partial charge < -0.3 is 15.8 Å². The van der Waals surface area contributed by atoms with Gasteiger partial charge >= 0.3 is 5.97 Å². The molecule has 0 aliphatic rings. The van der Waals surface area contributed by atoms with E-state index >= 15 is 0 Å². The van der Waals surface area contributed by atoms with Crippen LogP contribution in [0.3, 0.4) is 0 Å². The van der Waals surface area contributed by atoms with Gasteiger partial charge in [-0.15, -0.1) is 0 Å². The summed E-state index contributed by atoms with van der Waals surface area (Å²) < 4.78 is 4.66. The van der Waals surface area contributed by atoms with E-state index in [0.29, 0.717) is 0 Å². The maximum atomic E-state index is 12.6. The van der Waals surface area contributed by atoms with Crippen LogP contribution in [0.4, 0.5) is 0 Å². The van der Waals surface area contributed by atoms with Crippen molar-refractivity contribution in [1.82, 2.24) is 5.32 Å². The zero-order valence-corrected chi connectivity index (χ0v) is 15.3. The van der Waals surface area contributed by atoms with Crippen LogP contribution in [-0.4, -0.2) is 30.9 Å². The summed E-state index contributed by atoms with van der Waals surface area (Å²) in [4.78, 5) is 36.1. The molecule has 1 atom stereocenters. The molecule has 0 radical (unpaired) electrons. The number of amides is 2. The Balaban J connectivity index is 1.78. The highest BCUT2D eigenvalue weighted by Gasteiger charge is 2.20. The molecule has 0 aliphatic carbocycles. The number of hydrogen-bond acceptors (Lipinski definition) is 4. The quantitative estimate of drug-likeness (QED) is 0.646. The Morgan fingerprint density at radius 1 is 0.929 bits per heavy atom. The van der Waals surface area contributed by atoms with Gasteiger partial charge in [0.25, 0.3) is 5.91 Å². The van der Waals surface area contributed by atoms with Gasteiger partial charge in [-0.2, -0.15) is 0 Å². The summed E-state index contributed by atoms with van der Waals surface area (Å²) in [6, 6.07) is 18.9. The number of benzene rings is 3. The first-order valence-electron chi connectivity index (χ1n) is 8.74. The third-order valence-corrected chi connectivity index (χ3v) is 4.45. The Morgan fingerprint density at radius 2 is 1.64 bits per heavy atom. The maximum absolute atomic E-state index is 12.6. The lowest BCUT2D eigenvalue weighted by Crippen LogP contribution is -2.45. The number of rotatable bonds is 6. The van der Waals surface area contributed by atoms with E-state index in [1.165, 1.54) is 13.2 Å². The molecular formula is C22H20N2O4. The van der Waals surface area contributed by atoms with Gasteiger partial charge in [0.05, 0.1) is 12.7 Å². The van der Waals surface area contributed by atoms with Gasteiger partial charge in [0.1, 0.15) is 6.04 Å². The molecular weight excluding hydrogens is 356 g/mol.